The zero-order valence-electron chi connectivity index (χ0n) is 15.6. The predicted molar refractivity (Wildman–Crippen MR) is 93.7 cm³/mol. The lowest BCUT2D eigenvalue weighted by molar-refractivity contribution is -0.128. The molecule has 1 aliphatic carbocycles. The maximum Gasteiger partial charge on any atom is 0.189 e. The summed E-state index contributed by atoms with van der Waals surface area (Å²) in [6, 6.07) is 2.47. The summed E-state index contributed by atoms with van der Waals surface area (Å²) >= 11 is 0. The first kappa shape index (κ1) is 19.4. The van der Waals surface area contributed by atoms with E-state index in [4.69, 9.17) is 14.2 Å². The average molecular weight is 378 g/mol. The quantitative estimate of drug-likeness (QED) is 0.820. The first-order valence-corrected chi connectivity index (χ1v) is 8.84. The highest BCUT2D eigenvalue weighted by Crippen LogP contribution is 2.46. The van der Waals surface area contributed by atoms with Gasteiger partial charge in [0, 0.05) is 24.5 Å². The molecule has 0 spiro atoms. The summed E-state index contributed by atoms with van der Waals surface area (Å²) in [6.45, 7) is 3.33. The van der Waals surface area contributed by atoms with Crippen LogP contribution in [0.2, 0.25) is 0 Å². The van der Waals surface area contributed by atoms with Gasteiger partial charge < -0.3 is 24.1 Å². The van der Waals surface area contributed by atoms with E-state index in [1.165, 1.54) is 26.2 Å². The van der Waals surface area contributed by atoms with Crippen molar-refractivity contribution >= 4 is 11.6 Å². The first-order valence-electron chi connectivity index (χ1n) is 8.84. The fourth-order valence-electron chi connectivity index (χ4n) is 3.94. The number of halogens is 1. The van der Waals surface area contributed by atoms with Crippen molar-refractivity contribution in [2.24, 2.45) is 11.8 Å². The Hall–Kier alpha value is -2.41. The maximum atomic E-state index is 14.4. The number of allylic oxidation sites excluding steroid dienone is 1. The molecule has 1 aliphatic heterocycles. The van der Waals surface area contributed by atoms with E-state index in [1.54, 1.807) is 0 Å². The number of ketones is 2. The zero-order valence-corrected chi connectivity index (χ0v) is 15.6. The Labute approximate surface area is 156 Å². The van der Waals surface area contributed by atoms with Crippen molar-refractivity contribution in [3.8, 4) is 11.5 Å². The summed E-state index contributed by atoms with van der Waals surface area (Å²) in [5, 5.41) is 9.96. The van der Waals surface area contributed by atoms with Gasteiger partial charge in [-0.1, -0.05) is 6.92 Å². The maximum absolute atomic E-state index is 14.4. The van der Waals surface area contributed by atoms with Crippen molar-refractivity contribution in [3.05, 3.63) is 35.3 Å². The monoisotopic (exact) mass is 378 g/mol. The van der Waals surface area contributed by atoms with E-state index in [-0.39, 0.29) is 48.6 Å². The SMILES string of the molecule is COc1cc(F)c(C[C@H](C)[C@]23C[C@H](CC(C)=O)C(=O)C=C2OCO3)cc1O. The summed E-state index contributed by atoms with van der Waals surface area (Å²) in [5.74, 6) is -1.11. The van der Waals surface area contributed by atoms with Crippen LogP contribution in [0.4, 0.5) is 4.39 Å². The van der Waals surface area contributed by atoms with E-state index >= 15 is 0 Å². The number of methoxy groups -OCH3 is 1. The Balaban J connectivity index is 1.89. The molecule has 1 aromatic rings. The minimum Gasteiger partial charge on any atom is -0.504 e. The van der Waals surface area contributed by atoms with Crippen LogP contribution < -0.4 is 4.74 Å². The molecule has 1 fully saturated rings. The van der Waals surface area contributed by atoms with Crippen molar-refractivity contribution < 1.29 is 33.3 Å². The van der Waals surface area contributed by atoms with Crippen molar-refractivity contribution in [3.63, 3.8) is 0 Å². The Kier molecular flexibility index (Phi) is 5.24. The second-order valence-electron chi connectivity index (χ2n) is 7.23. The summed E-state index contributed by atoms with van der Waals surface area (Å²) in [7, 11) is 1.35. The van der Waals surface area contributed by atoms with Gasteiger partial charge in [-0.25, -0.2) is 4.39 Å². The molecule has 27 heavy (non-hydrogen) atoms. The molecule has 0 bridgehead atoms. The summed E-state index contributed by atoms with van der Waals surface area (Å²) in [5.41, 5.74) is -0.583. The van der Waals surface area contributed by atoms with Gasteiger partial charge in [0.05, 0.1) is 7.11 Å². The van der Waals surface area contributed by atoms with Crippen LogP contribution in [-0.2, 0) is 25.5 Å². The van der Waals surface area contributed by atoms with Gasteiger partial charge in [0.2, 0.25) is 0 Å². The smallest absolute Gasteiger partial charge is 0.189 e. The molecule has 6 nitrogen and oxygen atoms in total. The number of carbonyl (C=O) groups is 2. The number of phenols is 1. The topological polar surface area (TPSA) is 82.1 Å². The van der Waals surface area contributed by atoms with Crippen LogP contribution in [0.3, 0.4) is 0 Å². The molecule has 2 aliphatic rings. The van der Waals surface area contributed by atoms with Crippen LogP contribution in [0.5, 0.6) is 11.5 Å². The van der Waals surface area contributed by atoms with Crippen molar-refractivity contribution in [2.45, 2.75) is 38.7 Å². The molecule has 3 rings (SSSR count). The Morgan fingerprint density at radius 3 is 2.89 bits per heavy atom. The van der Waals surface area contributed by atoms with Crippen molar-refractivity contribution in [1.29, 1.82) is 0 Å². The minimum atomic E-state index is -0.893. The van der Waals surface area contributed by atoms with Gasteiger partial charge in [0.25, 0.3) is 0 Å². The Morgan fingerprint density at radius 1 is 1.48 bits per heavy atom. The average Bonchev–Trinajstić information content (AvgIpc) is 3.01. The Morgan fingerprint density at radius 2 is 2.22 bits per heavy atom. The summed E-state index contributed by atoms with van der Waals surface area (Å²) in [6.07, 6.45) is 2.10. The van der Waals surface area contributed by atoms with E-state index < -0.39 is 17.3 Å². The molecule has 0 amide bonds. The van der Waals surface area contributed by atoms with Gasteiger partial charge in [0.15, 0.2) is 24.1 Å². The zero-order chi connectivity index (χ0) is 19.8. The third-order valence-electron chi connectivity index (χ3n) is 5.38. The van der Waals surface area contributed by atoms with Crippen LogP contribution in [0.1, 0.15) is 32.3 Å². The molecule has 3 atom stereocenters. The van der Waals surface area contributed by atoms with Crippen LogP contribution >= 0.6 is 0 Å². The fraction of sp³-hybridized carbons (Fsp3) is 0.500. The molecule has 1 heterocycles. The van der Waals surface area contributed by atoms with Crippen LogP contribution in [0.15, 0.2) is 24.0 Å². The number of hydrogen-bond acceptors (Lipinski definition) is 6. The van der Waals surface area contributed by atoms with Gasteiger partial charge in [-0.2, -0.15) is 0 Å². The number of fused-ring (bicyclic) bond motifs is 1. The predicted octanol–water partition coefficient (Wildman–Crippen LogP) is 2.91. The van der Waals surface area contributed by atoms with Gasteiger partial charge in [-0.15, -0.1) is 0 Å². The lowest BCUT2D eigenvalue weighted by Gasteiger charge is -2.38. The largest absolute Gasteiger partial charge is 0.504 e. The van der Waals surface area contributed by atoms with E-state index in [1.807, 2.05) is 6.92 Å². The molecule has 7 heteroatoms. The fourth-order valence-corrected chi connectivity index (χ4v) is 3.94. The highest BCUT2D eigenvalue weighted by molar-refractivity contribution is 5.96. The molecule has 0 saturated carbocycles. The second-order valence-corrected chi connectivity index (χ2v) is 7.23. The highest BCUT2D eigenvalue weighted by atomic mass is 19.1. The van der Waals surface area contributed by atoms with E-state index in [2.05, 4.69) is 0 Å². The Bertz CT molecular complexity index is 802. The summed E-state index contributed by atoms with van der Waals surface area (Å²) < 4.78 is 30.7. The molecule has 1 N–H and O–H groups in total. The van der Waals surface area contributed by atoms with Gasteiger partial charge in [0.1, 0.15) is 23.0 Å². The van der Waals surface area contributed by atoms with E-state index in [0.717, 1.165) is 6.07 Å². The van der Waals surface area contributed by atoms with Crippen LogP contribution in [0, 0.1) is 17.7 Å². The molecule has 0 unspecified atom stereocenters. The third-order valence-corrected chi connectivity index (χ3v) is 5.38. The lowest BCUT2D eigenvalue weighted by atomic mass is 9.71. The standard InChI is InChI=1S/C20H23FO6/c1-11(4-13-6-17(24)18(25-3)7-15(13)21)20-9-14(5-12(2)22)16(23)8-19(20)26-10-27-20/h6-8,11,14,24H,4-5,9-10H2,1-3H3/t11-,14-,20+/m0/s1. The molecule has 1 aromatic carbocycles. The first-order chi connectivity index (χ1) is 12.8. The van der Waals surface area contributed by atoms with Gasteiger partial charge >= 0.3 is 0 Å². The van der Waals surface area contributed by atoms with Gasteiger partial charge in [-0.05, 0) is 37.3 Å². The number of ether oxygens (including phenoxy) is 3. The van der Waals surface area contributed by atoms with Crippen LogP contribution in [0.25, 0.3) is 0 Å². The van der Waals surface area contributed by atoms with E-state index in [0.29, 0.717) is 17.7 Å². The number of phenolic OH excluding ortho intramolecular Hbond substituents is 1. The molecular formula is C20H23FO6. The number of carbonyl (C=O) groups excluding carboxylic acids is 2. The lowest BCUT2D eigenvalue weighted by Crippen LogP contribution is -2.45. The number of hydrogen-bond donors (Lipinski definition) is 1. The number of Topliss-reactive ketones (excluding diaryl/α,β-unsaturated/α-hetero) is 1. The number of aromatic hydroxyl groups is 1. The third kappa shape index (κ3) is 3.56. The van der Waals surface area contributed by atoms with Gasteiger partial charge in [-0.3, -0.25) is 4.79 Å². The minimum absolute atomic E-state index is 0.00654. The molecular weight excluding hydrogens is 355 g/mol. The second kappa shape index (κ2) is 7.31. The van der Waals surface area contributed by atoms with Crippen molar-refractivity contribution in [2.75, 3.05) is 13.9 Å². The molecule has 0 aromatic heterocycles. The van der Waals surface area contributed by atoms with E-state index in [9.17, 15) is 19.1 Å². The molecule has 1 saturated heterocycles. The number of rotatable bonds is 6. The molecule has 146 valence electrons. The molecule has 0 radical (unpaired) electrons. The summed E-state index contributed by atoms with van der Waals surface area (Å²) in [4.78, 5) is 23.8. The normalized spacial score (nSPS) is 25.4. The number of benzene rings is 1. The van der Waals surface area contributed by atoms with Crippen molar-refractivity contribution in [1.82, 2.24) is 0 Å². The highest BCUT2D eigenvalue weighted by Gasteiger charge is 2.52. The van der Waals surface area contributed by atoms with Crippen LogP contribution in [-0.4, -0.2) is 36.2 Å².